The van der Waals surface area contributed by atoms with Crippen LogP contribution in [0.4, 0.5) is 10.1 Å². The number of benzene rings is 3. The number of carbonyl (C=O) groups excluding carboxylic acids is 1. The van der Waals surface area contributed by atoms with Crippen molar-refractivity contribution in [2.24, 2.45) is 0 Å². The van der Waals surface area contributed by atoms with Crippen LogP contribution < -0.4 is 25.0 Å². The molecule has 3 saturated heterocycles. The zero-order valence-corrected chi connectivity index (χ0v) is 24.2. The van der Waals surface area contributed by atoms with Gasteiger partial charge >= 0.3 is 0 Å². The van der Waals surface area contributed by atoms with Crippen LogP contribution in [0.3, 0.4) is 0 Å². The summed E-state index contributed by atoms with van der Waals surface area (Å²) < 4.78 is 27.1. The van der Waals surface area contributed by atoms with E-state index in [1.807, 2.05) is 41.3 Å². The average molecular weight is 585 g/mol. The van der Waals surface area contributed by atoms with E-state index < -0.39 is 0 Å². The number of carbonyl (C=O) groups is 1. The largest absolute Gasteiger partial charge is 0.490 e. The fourth-order valence-electron chi connectivity index (χ4n) is 6.28. The number of hydrogen-bond donors (Lipinski definition) is 3. The van der Waals surface area contributed by atoms with E-state index in [0.717, 1.165) is 79.2 Å². The SMILES string of the molecule is O=C(c1ccc(O[C@H]2CCNC2)c(-c2ccc3cn[nH]c3c2)c1)N1CCC(Oc2cc(F)cc(N3CCNCC3)c2)CC1. The summed E-state index contributed by atoms with van der Waals surface area (Å²) in [5.41, 5.74) is 4.27. The highest BCUT2D eigenvalue weighted by atomic mass is 19.1. The van der Waals surface area contributed by atoms with Gasteiger partial charge in [-0.15, -0.1) is 0 Å². The second-order valence-electron chi connectivity index (χ2n) is 11.6. The number of ether oxygens (including phenoxy) is 2. The van der Waals surface area contributed by atoms with Gasteiger partial charge in [0.15, 0.2) is 0 Å². The third-order valence-electron chi connectivity index (χ3n) is 8.66. The molecular weight excluding hydrogens is 547 g/mol. The summed E-state index contributed by atoms with van der Waals surface area (Å²) in [5.74, 6) is 1.01. The molecular formula is C33H37FN6O3. The lowest BCUT2D eigenvalue weighted by molar-refractivity contribution is 0.0595. The number of amides is 1. The molecule has 3 aromatic carbocycles. The van der Waals surface area contributed by atoms with E-state index >= 15 is 0 Å². The second-order valence-corrected chi connectivity index (χ2v) is 11.6. The molecule has 3 aliphatic heterocycles. The summed E-state index contributed by atoms with van der Waals surface area (Å²) in [6.45, 7) is 6.34. The van der Waals surface area contributed by atoms with Crippen molar-refractivity contribution in [3.05, 3.63) is 72.2 Å². The molecule has 1 amide bonds. The van der Waals surface area contributed by atoms with Crippen molar-refractivity contribution < 1.29 is 18.7 Å². The maximum absolute atomic E-state index is 14.5. The van der Waals surface area contributed by atoms with E-state index in [4.69, 9.17) is 9.47 Å². The van der Waals surface area contributed by atoms with Crippen LogP contribution >= 0.6 is 0 Å². The molecule has 4 heterocycles. The molecule has 0 aliphatic carbocycles. The van der Waals surface area contributed by atoms with E-state index in [0.29, 0.717) is 37.2 Å². The maximum atomic E-state index is 14.5. The molecule has 0 bridgehead atoms. The van der Waals surface area contributed by atoms with Gasteiger partial charge in [-0.2, -0.15) is 5.10 Å². The van der Waals surface area contributed by atoms with Crippen LogP contribution in [0.25, 0.3) is 22.0 Å². The molecule has 0 radical (unpaired) electrons. The topological polar surface area (TPSA) is 94.7 Å². The highest BCUT2D eigenvalue weighted by Crippen LogP contribution is 2.35. The number of nitrogens with one attached hydrogen (secondary N) is 3. The molecule has 1 atom stereocenters. The molecule has 3 N–H and O–H groups in total. The van der Waals surface area contributed by atoms with Crippen molar-refractivity contribution in [1.29, 1.82) is 0 Å². The molecule has 3 aliphatic rings. The van der Waals surface area contributed by atoms with Crippen molar-refractivity contribution in [2.45, 2.75) is 31.5 Å². The van der Waals surface area contributed by atoms with E-state index in [1.54, 1.807) is 12.3 Å². The lowest BCUT2D eigenvalue weighted by atomic mass is 9.99. The molecule has 10 heteroatoms. The van der Waals surface area contributed by atoms with Gasteiger partial charge in [0, 0.05) is 93.0 Å². The van der Waals surface area contributed by atoms with Gasteiger partial charge < -0.3 is 29.9 Å². The first-order valence-corrected chi connectivity index (χ1v) is 15.3. The number of rotatable bonds is 7. The third-order valence-corrected chi connectivity index (χ3v) is 8.66. The zero-order chi connectivity index (χ0) is 29.2. The van der Waals surface area contributed by atoms with E-state index in [-0.39, 0.29) is 23.9 Å². The first-order valence-electron chi connectivity index (χ1n) is 15.3. The lowest BCUT2D eigenvalue weighted by Crippen LogP contribution is -2.43. The van der Waals surface area contributed by atoms with E-state index in [2.05, 4.69) is 31.8 Å². The number of fused-ring (bicyclic) bond motifs is 1. The number of anilines is 1. The number of piperazine rings is 1. The fourth-order valence-corrected chi connectivity index (χ4v) is 6.28. The van der Waals surface area contributed by atoms with Gasteiger partial charge in [0.1, 0.15) is 29.5 Å². The van der Waals surface area contributed by atoms with Crippen LogP contribution in [0.2, 0.25) is 0 Å². The van der Waals surface area contributed by atoms with Gasteiger partial charge in [-0.1, -0.05) is 12.1 Å². The Hall–Kier alpha value is -4.15. The molecule has 43 heavy (non-hydrogen) atoms. The summed E-state index contributed by atoms with van der Waals surface area (Å²) in [4.78, 5) is 17.8. The number of halogens is 1. The molecule has 0 spiro atoms. The smallest absolute Gasteiger partial charge is 0.253 e. The summed E-state index contributed by atoms with van der Waals surface area (Å²) in [6, 6.07) is 16.8. The molecule has 7 rings (SSSR count). The van der Waals surface area contributed by atoms with Gasteiger partial charge in [-0.3, -0.25) is 9.89 Å². The Balaban J connectivity index is 1.05. The first kappa shape index (κ1) is 27.7. The average Bonchev–Trinajstić information content (AvgIpc) is 3.73. The molecule has 4 aromatic rings. The predicted molar refractivity (Wildman–Crippen MR) is 164 cm³/mol. The number of piperidine rings is 1. The van der Waals surface area contributed by atoms with Crippen LogP contribution in [-0.4, -0.2) is 85.6 Å². The van der Waals surface area contributed by atoms with E-state index in [9.17, 15) is 9.18 Å². The third kappa shape index (κ3) is 6.16. The number of aromatic amines is 1. The number of nitrogens with zero attached hydrogens (tertiary/aromatic N) is 3. The number of H-pyrrole nitrogens is 1. The number of likely N-dealkylation sites (tertiary alicyclic amines) is 1. The summed E-state index contributed by atoms with van der Waals surface area (Å²) in [5, 5.41) is 14.9. The van der Waals surface area contributed by atoms with Crippen molar-refractivity contribution in [1.82, 2.24) is 25.7 Å². The van der Waals surface area contributed by atoms with Gasteiger partial charge in [-0.05, 0) is 48.9 Å². The normalized spacial score (nSPS) is 19.6. The minimum Gasteiger partial charge on any atom is -0.490 e. The molecule has 9 nitrogen and oxygen atoms in total. The fraction of sp³-hybridized carbons (Fsp3) is 0.394. The standard InChI is InChI=1S/C33H37FN6O3/c34-25-17-26(39-13-9-35-10-14-39)19-29(18-25)42-27-6-11-40(12-7-27)33(41)23-3-4-32(43-28-5-8-36-21-28)30(15-23)22-1-2-24-20-37-38-31(24)16-22/h1-4,15-20,27-28,35-36H,5-14,21H2,(H,37,38)/t28-/m0/s1. The maximum Gasteiger partial charge on any atom is 0.253 e. The summed E-state index contributed by atoms with van der Waals surface area (Å²) in [7, 11) is 0. The highest BCUT2D eigenvalue weighted by Gasteiger charge is 2.27. The van der Waals surface area contributed by atoms with Crippen LogP contribution in [-0.2, 0) is 0 Å². The van der Waals surface area contributed by atoms with Crippen LogP contribution in [0, 0.1) is 5.82 Å². The van der Waals surface area contributed by atoms with Crippen molar-refractivity contribution >= 4 is 22.5 Å². The molecule has 0 unspecified atom stereocenters. The molecule has 224 valence electrons. The van der Waals surface area contributed by atoms with Crippen LogP contribution in [0.1, 0.15) is 29.6 Å². The molecule has 1 aromatic heterocycles. The van der Waals surface area contributed by atoms with Crippen molar-refractivity contribution in [3.8, 4) is 22.6 Å². The Kier molecular flexibility index (Phi) is 7.86. The Bertz CT molecular complexity index is 1590. The monoisotopic (exact) mass is 584 g/mol. The second kappa shape index (κ2) is 12.2. The Labute approximate surface area is 250 Å². The van der Waals surface area contributed by atoms with Crippen molar-refractivity contribution in [3.63, 3.8) is 0 Å². The van der Waals surface area contributed by atoms with E-state index in [1.165, 1.54) is 6.07 Å². The van der Waals surface area contributed by atoms with Gasteiger partial charge in [0.05, 0.1) is 11.7 Å². The van der Waals surface area contributed by atoms with Crippen LogP contribution in [0.15, 0.2) is 60.8 Å². The highest BCUT2D eigenvalue weighted by molar-refractivity contribution is 5.96. The summed E-state index contributed by atoms with van der Waals surface area (Å²) >= 11 is 0. The predicted octanol–water partition coefficient (Wildman–Crippen LogP) is 4.20. The number of aromatic nitrogens is 2. The molecule has 3 fully saturated rings. The number of hydrogen-bond acceptors (Lipinski definition) is 7. The van der Waals surface area contributed by atoms with Gasteiger partial charge in [-0.25, -0.2) is 4.39 Å². The lowest BCUT2D eigenvalue weighted by Gasteiger charge is -2.33. The first-order chi connectivity index (χ1) is 21.1. The Morgan fingerprint density at radius 2 is 1.72 bits per heavy atom. The minimum atomic E-state index is -0.294. The van der Waals surface area contributed by atoms with Gasteiger partial charge in [0.2, 0.25) is 0 Å². The van der Waals surface area contributed by atoms with Crippen molar-refractivity contribution in [2.75, 3.05) is 57.3 Å². The van der Waals surface area contributed by atoms with Crippen LogP contribution in [0.5, 0.6) is 11.5 Å². The summed E-state index contributed by atoms with van der Waals surface area (Å²) in [6.07, 6.45) is 4.14. The van der Waals surface area contributed by atoms with Gasteiger partial charge in [0.25, 0.3) is 5.91 Å². The molecule has 0 saturated carbocycles. The quantitative estimate of drug-likeness (QED) is 0.300. The zero-order valence-electron chi connectivity index (χ0n) is 24.2. The minimum absolute atomic E-state index is 0.0110. The Morgan fingerprint density at radius 3 is 2.53 bits per heavy atom. The Morgan fingerprint density at radius 1 is 0.860 bits per heavy atom.